The van der Waals surface area contributed by atoms with Gasteiger partial charge in [-0.1, -0.05) is 23.5 Å². The van der Waals surface area contributed by atoms with Gasteiger partial charge in [-0.3, -0.25) is 10.0 Å². The Morgan fingerprint density at radius 1 is 1.06 bits per heavy atom. The van der Waals surface area contributed by atoms with Crippen LogP contribution < -0.4 is 15.4 Å². The predicted octanol–water partition coefficient (Wildman–Crippen LogP) is 4.85. The lowest BCUT2D eigenvalue weighted by molar-refractivity contribution is 0.244. The van der Waals surface area contributed by atoms with E-state index in [1.165, 1.54) is 35.6 Å². The average molecular weight is 475 g/mol. The Morgan fingerprint density at radius 3 is 2.34 bits per heavy atom. The van der Waals surface area contributed by atoms with Crippen LogP contribution in [0.15, 0.2) is 47.4 Å². The van der Waals surface area contributed by atoms with Crippen molar-refractivity contribution in [2.75, 3.05) is 10.0 Å². The highest BCUT2D eigenvalue weighted by Crippen LogP contribution is 2.35. The minimum Gasteiger partial charge on any atom is -0.508 e. The van der Waals surface area contributed by atoms with E-state index in [2.05, 4.69) is 20.3 Å². The molecule has 2 aromatic carbocycles. The number of phenols is 1. The van der Waals surface area contributed by atoms with E-state index >= 15 is 0 Å². The van der Waals surface area contributed by atoms with Crippen molar-refractivity contribution < 1.29 is 18.3 Å². The van der Waals surface area contributed by atoms with Crippen LogP contribution in [-0.4, -0.2) is 30.1 Å². The summed E-state index contributed by atoms with van der Waals surface area (Å²) in [6, 6.07) is 10.6. The van der Waals surface area contributed by atoms with Crippen LogP contribution in [0.5, 0.6) is 5.75 Å². The van der Waals surface area contributed by atoms with Gasteiger partial charge in [-0.05, 0) is 76.1 Å². The van der Waals surface area contributed by atoms with Crippen LogP contribution >= 0.6 is 11.3 Å². The van der Waals surface area contributed by atoms with Gasteiger partial charge in [0.25, 0.3) is 10.0 Å². The van der Waals surface area contributed by atoms with Gasteiger partial charge in [0.15, 0.2) is 5.13 Å². The van der Waals surface area contributed by atoms with Crippen molar-refractivity contribution in [3.05, 3.63) is 53.7 Å². The highest BCUT2D eigenvalue weighted by Gasteiger charge is 2.21. The number of urea groups is 1. The maximum absolute atomic E-state index is 13.0. The molecule has 0 radical (unpaired) electrons. The Kier molecular flexibility index (Phi) is 6.47. The largest absolute Gasteiger partial charge is 0.508 e. The minimum absolute atomic E-state index is 0.0485. The van der Waals surface area contributed by atoms with Gasteiger partial charge >= 0.3 is 6.03 Å². The Morgan fingerprint density at radius 2 is 1.72 bits per heavy atom. The summed E-state index contributed by atoms with van der Waals surface area (Å²) in [7, 11) is -3.86. The van der Waals surface area contributed by atoms with E-state index in [-0.39, 0.29) is 22.2 Å². The second-order valence-corrected chi connectivity index (χ2v) is 11.0. The summed E-state index contributed by atoms with van der Waals surface area (Å²) in [6.45, 7) is 9.17. The van der Waals surface area contributed by atoms with E-state index in [9.17, 15) is 18.3 Å². The molecule has 3 rings (SSSR count). The Labute approximate surface area is 191 Å². The molecule has 32 heavy (non-hydrogen) atoms. The Hall–Kier alpha value is -3.11. The number of hydrogen-bond acceptors (Lipinski definition) is 6. The summed E-state index contributed by atoms with van der Waals surface area (Å²) >= 11 is 1.27. The van der Waals surface area contributed by atoms with Crippen molar-refractivity contribution >= 4 is 38.2 Å². The highest BCUT2D eigenvalue weighted by atomic mass is 32.2. The van der Waals surface area contributed by atoms with Crippen LogP contribution in [-0.2, 0) is 10.0 Å². The first-order valence-corrected chi connectivity index (χ1v) is 12.1. The number of nitrogens with zero attached hydrogens (tertiary/aromatic N) is 1. The van der Waals surface area contributed by atoms with E-state index in [1.807, 2.05) is 26.8 Å². The van der Waals surface area contributed by atoms with Gasteiger partial charge in [0.1, 0.15) is 5.75 Å². The number of anilines is 2. The fourth-order valence-electron chi connectivity index (χ4n) is 2.96. The Bertz CT molecular complexity index is 1240. The maximum atomic E-state index is 13.0. The number of carbonyl (C=O) groups is 1. The fourth-order valence-corrected chi connectivity index (χ4v) is 5.25. The molecule has 0 atom stereocenters. The zero-order valence-corrected chi connectivity index (χ0v) is 20.1. The molecule has 170 valence electrons. The Balaban J connectivity index is 1.89. The number of nitrogens with one attached hydrogen (secondary N) is 3. The average Bonchev–Trinajstić information content (AvgIpc) is 3.02. The number of rotatable bonds is 5. The fraction of sp³-hybridized carbons (Fsp3) is 0.273. The first kappa shape index (κ1) is 23.6. The lowest BCUT2D eigenvalue weighted by Gasteiger charge is -2.20. The molecule has 4 N–H and O–H groups in total. The van der Waals surface area contributed by atoms with Crippen LogP contribution in [0.3, 0.4) is 0 Å². The topological polar surface area (TPSA) is 120 Å². The molecule has 10 heteroatoms. The quantitative estimate of drug-likeness (QED) is 0.394. The molecule has 0 saturated carbocycles. The van der Waals surface area contributed by atoms with Crippen LogP contribution in [0.1, 0.15) is 32.0 Å². The molecule has 0 spiro atoms. The van der Waals surface area contributed by atoms with E-state index in [0.717, 1.165) is 4.88 Å². The number of hydrogen-bond donors (Lipinski definition) is 4. The van der Waals surface area contributed by atoms with Gasteiger partial charge in [0.05, 0.1) is 15.5 Å². The molecule has 0 fully saturated rings. The molecular formula is C22H26N4O4S2. The molecule has 1 aromatic heterocycles. The van der Waals surface area contributed by atoms with E-state index < -0.39 is 10.0 Å². The predicted molar refractivity (Wildman–Crippen MR) is 128 cm³/mol. The normalized spacial score (nSPS) is 11.8. The van der Waals surface area contributed by atoms with E-state index in [0.29, 0.717) is 27.6 Å². The van der Waals surface area contributed by atoms with Crippen LogP contribution in [0.2, 0.25) is 0 Å². The standard InChI is InChI=1S/C22H26N4O4S2/c1-13-6-7-15(12-18(13)32(29,30)26-16-8-10-17(27)11-9-16)19-14(2)23-21(31-19)24-20(28)25-22(3,4)5/h6-12,26-27H,1-5H3,(H2,23,24,25,28). The van der Waals surface area contributed by atoms with Gasteiger partial charge in [-0.2, -0.15) is 0 Å². The zero-order chi connectivity index (χ0) is 23.7. The molecule has 0 saturated heterocycles. The van der Waals surface area contributed by atoms with Gasteiger partial charge in [-0.15, -0.1) is 0 Å². The summed E-state index contributed by atoms with van der Waals surface area (Å²) < 4.78 is 28.5. The molecular weight excluding hydrogens is 448 g/mol. The lowest BCUT2D eigenvalue weighted by Crippen LogP contribution is -2.43. The lowest BCUT2D eigenvalue weighted by atomic mass is 10.1. The summed E-state index contributed by atoms with van der Waals surface area (Å²) in [5.41, 5.74) is 1.91. The second-order valence-electron chi connectivity index (χ2n) is 8.40. The summed E-state index contributed by atoms with van der Waals surface area (Å²) in [4.78, 5) is 17.5. The number of aromatic hydroxyl groups is 1. The first-order valence-electron chi connectivity index (χ1n) is 9.83. The molecule has 3 aromatic rings. The van der Waals surface area contributed by atoms with Crippen molar-refractivity contribution in [2.24, 2.45) is 0 Å². The zero-order valence-electron chi connectivity index (χ0n) is 18.5. The number of phenolic OH excluding ortho intramolecular Hbond substituents is 1. The molecule has 0 aliphatic rings. The van der Waals surface area contributed by atoms with Gasteiger partial charge in [-0.25, -0.2) is 18.2 Å². The molecule has 8 nitrogen and oxygen atoms in total. The molecule has 2 amide bonds. The molecule has 0 aliphatic carbocycles. The van der Waals surface area contributed by atoms with Crippen molar-refractivity contribution in [1.82, 2.24) is 10.3 Å². The number of amides is 2. The summed E-state index contributed by atoms with van der Waals surface area (Å²) in [5, 5.41) is 15.4. The summed E-state index contributed by atoms with van der Waals surface area (Å²) in [6.07, 6.45) is 0. The number of carbonyl (C=O) groups excluding carboxylic acids is 1. The van der Waals surface area contributed by atoms with E-state index in [4.69, 9.17) is 0 Å². The smallest absolute Gasteiger partial charge is 0.321 e. The SMILES string of the molecule is Cc1ccc(-c2sc(NC(=O)NC(C)(C)C)nc2C)cc1S(=O)(=O)Nc1ccc(O)cc1. The first-order chi connectivity index (χ1) is 14.8. The molecule has 1 heterocycles. The van der Waals surface area contributed by atoms with Crippen LogP contribution in [0.4, 0.5) is 15.6 Å². The minimum atomic E-state index is -3.86. The van der Waals surface area contributed by atoms with Gasteiger partial charge < -0.3 is 10.4 Å². The second kappa shape index (κ2) is 8.79. The third-order valence-electron chi connectivity index (χ3n) is 4.36. The number of aryl methyl sites for hydroxylation is 2. The number of sulfonamides is 1. The van der Waals surface area contributed by atoms with Crippen LogP contribution in [0.25, 0.3) is 10.4 Å². The molecule has 0 unspecified atom stereocenters. The monoisotopic (exact) mass is 474 g/mol. The van der Waals surface area contributed by atoms with Crippen molar-refractivity contribution in [1.29, 1.82) is 0 Å². The summed E-state index contributed by atoms with van der Waals surface area (Å²) in [5.74, 6) is 0.0485. The van der Waals surface area contributed by atoms with Crippen molar-refractivity contribution in [2.45, 2.75) is 45.1 Å². The highest BCUT2D eigenvalue weighted by molar-refractivity contribution is 7.92. The van der Waals surface area contributed by atoms with E-state index in [1.54, 1.807) is 26.0 Å². The van der Waals surface area contributed by atoms with Crippen molar-refractivity contribution in [3.63, 3.8) is 0 Å². The van der Waals surface area contributed by atoms with Gasteiger partial charge in [0.2, 0.25) is 0 Å². The van der Waals surface area contributed by atoms with Gasteiger partial charge in [0, 0.05) is 11.2 Å². The number of thiazole rings is 1. The van der Waals surface area contributed by atoms with Crippen LogP contribution in [0, 0.1) is 13.8 Å². The van der Waals surface area contributed by atoms with Crippen molar-refractivity contribution in [3.8, 4) is 16.2 Å². The number of aromatic nitrogens is 1. The molecule has 0 bridgehead atoms. The third-order valence-corrected chi connectivity index (χ3v) is 7.01. The number of benzene rings is 2. The third kappa shape index (κ3) is 5.77. The molecule has 0 aliphatic heterocycles. The maximum Gasteiger partial charge on any atom is 0.321 e.